The molecule has 1 unspecified atom stereocenters. The zero-order chi connectivity index (χ0) is 18.5. The summed E-state index contributed by atoms with van der Waals surface area (Å²) in [7, 11) is 0. The van der Waals surface area contributed by atoms with E-state index in [-0.39, 0.29) is 12.5 Å². The number of rotatable bonds is 6. The number of anilines is 1. The first kappa shape index (κ1) is 17.9. The highest BCUT2D eigenvalue weighted by atomic mass is 16.4. The fourth-order valence-electron chi connectivity index (χ4n) is 3.07. The van der Waals surface area contributed by atoms with Crippen LogP contribution in [-0.4, -0.2) is 46.3 Å². The molecule has 1 heterocycles. The van der Waals surface area contributed by atoms with Crippen LogP contribution >= 0.6 is 0 Å². The standard InChI is InChI=1S/C19H21N3O4/c23-17(12-22-10-14-4-1-2-5-15(14)11-22)9-20-18(24)13-6-3-7-16(8-13)21-19(25)26/h1-8,17,21,23H,9-12H2,(H,20,24)(H,25,26). The molecule has 2 aromatic carbocycles. The van der Waals surface area contributed by atoms with Crippen LogP contribution in [0, 0.1) is 0 Å². The first-order chi connectivity index (χ1) is 12.5. The summed E-state index contributed by atoms with van der Waals surface area (Å²) in [6.45, 7) is 2.19. The number of hydrogen-bond donors (Lipinski definition) is 4. The Morgan fingerprint density at radius 2 is 1.77 bits per heavy atom. The lowest BCUT2D eigenvalue weighted by atomic mass is 10.1. The molecule has 1 atom stereocenters. The molecule has 4 N–H and O–H groups in total. The SMILES string of the molecule is O=C(O)Nc1cccc(C(=O)NCC(O)CN2Cc3ccccc3C2)c1. The Hall–Kier alpha value is -2.90. The molecular weight excluding hydrogens is 334 g/mol. The Morgan fingerprint density at radius 1 is 1.08 bits per heavy atom. The molecule has 0 spiro atoms. The lowest BCUT2D eigenvalue weighted by Crippen LogP contribution is -2.38. The van der Waals surface area contributed by atoms with Crippen molar-refractivity contribution in [1.82, 2.24) is 10.2 Å². The minimum atomic E-state index is -1.19. The number of carboxylic acid groups (broad SMARTS) is 1. The highest BCUT2D eigenvalue weighted by Crippen LogP contribution is 2.22. The fourth-order valence-corrected chi connectivity index (χ4v) is 3.07. The molecule has 0 aromatic heterocycles. The van der Waals surface area contributed by atoms with Crippen LogP contribution < -0.4 is 10.6 Å². The average molecular weight is 355 g/mol. The minimum Gasteiger partial charge on any atom is -0.465 e. The highest BCUT2D eigenvalue weighted by Gasteiger charge is 2.21. The van der Waals surface area contributed by atoms with Crippen LogP contribution in [-0.2, 0) is 13.1 Å². The topological polar surface area (TPSA) is 102 Å². The van der Waals surface area contributed by atoms with Crippen LogP contribution in [0.2, 0.25) is 0 Å². The van der Waals surface area contributed by atoms with Crippen LogP contribution in [0.5, 0.6) is 0 Å². The number of fused-ring (bicyclic) bond motifs is 1. The van der Waals surface area contributed by atoms with Gasteiger partial charge in [0.15, 0.2) is 0 Å². The molecule has 0 aliphatic carbocycles. The molecule has 1 aliphatic rings. The molecule has 7 heteroatoms. The summed E-state index contributed by atoms with van der Waals surface area (Å²) in [5.74, 6) is -0.359. The Bertz CT molecular complexity index is 784. The molecule has 1 aliphatic heterocycles. The summed E-state index contributed by atoms with van der Waals surface area (Å²) >= 11 is 0. The van der Waals surface area contributed by atoms with Gasteiger partial charge in [-0.3, -0.25) is 15.0 Å². The maximum Gasteiger partial charge on any atom is 0.409 e. The molecular formula is C19H21N3O4. The second-order valence-electron chi connectivity index (χ2n) is 6.31. The number of aliphatic hydroxyl groups excluding tert-OH is 1. The van der Waals surface area contributed by atoms with Crippen LogP contribution in [0.3, 0.4) is 0 Å². The third-order valence-corrected chi connectivity index (χ3v) is 4.25. The summed E-state index contributed by atoms with van der Waals surface area (Å²) in [5.41, 5.74) is 3.19. The van der Waals surface area contributed by atoms with E-state index in [1.807, 2.05) is 12.1 Å². The second-order valence-corrected chi connectivity index (χ2v) is 6.31. The molecule has 0 bridgehead atoms. The molecule has 0 radical (unpaired) electrons. The minimum absolute atomic E-state index is 0.127. The highest BCUT2D eigenvalue weighted by molar-refractivity contribution is 5.96. The Kier molecular flexibility index (Phi) is 5.50. The monoisotopic (exact) mass is 355 g/mol. The van der Waals surface area contributed by atoms with Gasteiger partial charge in [0, 0.05) is 37.4 Å². The molecule has 7 nitrogen and oxygen atoms in total. The molecule has 0 saturated carbocycles. The van der Waals surface area contributed by atoms with Gasteiger partial charge >= 0.3 is 6.09 Å². The number of carbonyl (C=O) groups is 2. The Balaban J connectivity index is 1.48. The first-order valence-corrected chi connectivity index (χ1v) is 8.36. The van der Waals surface area contributed by atoms with Crippen molar-refractivity contribution in [2.75, 3.05) is 18.4 Å². The maximum atomic E-state index is 12.2. The fraction of sp³-hybridized carbons (Fsp3) is 0.263. The number of benzene rings is 2. The first-order valence-electron chi connectivity index (χ1n) is 8.36. The number of nitrogens with one attached hydrogen (secondary N) is 2. The number of amides is 2. The molecule has 0 saturated heterocycles. The van der Waals surface area contributed by atoms with Crippen molar-refractivity contribution < 1.29 is 19.8 Å². The van der Waals surface area contributed by atoms with Crippen LogP contribution in [0.25, 0.3) is 0 Å². The average Bonchev–Trinajstić information content (AvgIpc) is 3.01. The van der Waals surface area contributed by atoms with E-state index < -0.39 is 12.2 Å². The molecule has 2 aromatic rings. The third kappa shape index (κ3) is 4.59. The Labute approximate surface area is 151 Å². The molecule has 26 heavy (non-hydrogen) atoms. The van der Waals surface area contributed by atoms with Gasteiger partial charge in [-0.2, -0.15) is 0 Å². The van der Waals surface area contributed by atoms with Crippen molar-refractivity contribution in [2.24, 2.45) is 0 Å². The lowest BCUT2D eigenvalue weighted by molar-refractivity contribution is 0.0856. The van der Waals surface area contributed by atoms with E-state index in [4.69, 9.17) is 5.11 Å². The van der Waals surface area contributed by atoms with Crippen molar-refractivity contribution in [2.45, 2.75) is 19.2 Å². The molecule has 3 rings (SSSR count). The van der Waals surface area contributed by atoms with Gasteiger partial charge in [0.25, 0.3) is 5.91 Å². The van der Waals surface area contributed by atoms with E-state index in [1.165, 1.54) is 17.2 Å². The number of carbonyl (C=O) groups excluding carboxylic acids is 1. The van der Waals surface area contributed by atoms with E-state index in [9.17, 15) is 14.7 Å². The van der Waals surface area contributed by atoms with Crippen molar-refractivity contribution in [3.05, 3.63) is 65.2 Å². The quantitative estimate of drug-likeness (QED) is 0.634. The van der Waals surface area contributed by atoms with Crippen molar-refractivity contribution in [3.8, 4) is 0 Å². The number of aliphatic hydroxyl groups is 1. The van der Waals surface area contributed by atoms with Crippen molar-refractivity contribution in [3.63, 3.8) is 0 Å². The van der Waals surface area contributed by atoms with Crippen LogP contribution in [0.15, 0.2) is 48.5 Å². The number of nitrogens with zero attached hydrogens (tertiary/aromatic N) is 1. The third-order valence-electron chi connectivity index (χ3n) is 4.25. The van der Waals surface area contributed by atoms with Gasteiger partial charge in [-0.15, -0.1) is 0 Å². The van der Waals surface area contributed by atoms with Crippen molar-refractivity contribution >= 4 is 17.7 Å². The summed E-state index contributed by atoms with van der Waals surface area (Å²) < 4.78 is 0. The smallest absolute Gasteiger partial charge is 0.409 e. The predicted octanol–water partition coefficient (Wildman–Crippen LogP) is 1.88. The van der Waals surface area contributed by atoms with Gasteiger partial charge in [0.2, 0.25) is 0 Å². The van der Waals surface area contributed by atoms with Crippen LogP contribution in [0.1, 0.15) is 21.5 Å². The van der Waals surface area contributed by atoms with Gasteiger partial charge in [0.05, 0.1) is 6.10 Å². The van der Waals surface area contributed by atoms with Gasteiger partial charge < -0.3 is 15.5 Å². The van der Waals surface area contributed by atoms with Gasteiger partial charge in [-0.05, 0) is 29.3 Å². The largest absolute Gasteiger partial charge is 0.465 e. The van der Waals surface area contributed by atoms with Gasteiger partial charge in [0.1, 0.15) is 0 Å². The molecule has 136 valence electrons. The zero-order valence-electron chi connectivity index (χ0n) is 14.2. The second kappa shape index (κ2) is 7.99. The normalized spacial score (nSPS) is 14.5. The van der Waals surface area contributed by atoms with Gasteiger partial charge in [-0.1, -0.05) is 30.3 Å². The maximum absolute atomic E-state index is 12.2. The zero-order valence-corrected chi connectivity index (χ0v) is 14.2. The van der Waals surface area contributed by atoms with E-state index in [0.717, 1.165) is 13.1 Å². The van der Waals surface area contributed by atoms with Crippen LogP contribution in [0.4, 0.5) is 10.5 Å². The molecule has 2 amide bonds. The Morgan fingerprint density at radius 3 is 2.42 bits per heavy atom. The molecule has 0 fully saturated rings. The summed E-state index contributed by atoms with van der Waals surface area (Å²) in [6.07, 6.45) is -1.88. The van der Waals surface area contributed by atoms with Gasteiger partial charge in [-0.25, -0.2) is 4.79 Å². The lowest BCUT2D eigenvalue weighted by Gasteiger charge is -2.19. The van der Waals surface area contributed by atoms with E-state index >= 15 is 0 Å². The van der Waals surface area contributed by atoms with Crippen molar-refractivity contribution in [1.29, 1.82) is 0 Å². The predicted molar refractivity (Wildman–Crippen MR) is 97.0 cm³/mol. The number of hydrogen-bond acceptors (Lipinski definition) is 4. The summed E-state index contributed by atoms with van der Waals surface area (Å²) in [5, 5.41) is 23.8. The van der Waals surface area contributed by atoms with E-state index in [0.29, 0.717) is 17.8 Å². The number of β-amino-alcohol motifs (C(OH)–C–C–N with tert-alkyl or cyclic N) is 1. The van der Waals surface area contributed by atoms with E-state index in [1.54, 1.807) is 18.2 Å². The summed E-state index contributed by atoms with van der Waals surface area (Å²) in [6, 6.07) is 14.4. The summed E-state index contributed by atoms with van der Waals surface area (Å²) in [4.78, 5) is 25.0. The van der Waals surface area contributed by atoms with E-state index in [2.05, 4.69) is 27.7 Å².